The van der Waals surface area contributed by atoms with Gasteiger partial charge >= 0.3 is 24.3 Å². The third kappa shape index (κ3) is 10.2. The number of carboxylic acids is 2. The van der Waals surface area contributed by atoms with Crippen LogP contribution >= 0.6 is 0 Å². The van der Waals surface area contributed by atoms with Gasteiger partial charge in [-0.15, -0.1) is 0 Å². The molecule has 0 bridgehead atoms. The molecule has 0 radical (unpaired) electrons. The first kappa shape index (κ1) is 31.6. The second kappa shape index (κ2) is 13.4. The predicted octanol–water partition coefficient (Wildman–Crippen LogP) is 4.46. The van der Waals surface area contributed by atoms with Crippen LogP contribution in [0.5, 0.6) is 0 Å². The quantitative estimate of drug-likeness (QED) is 0.522. The molecule has 39 heavy (non-hydrogen) atoms. The van der Waals surface area contributed by atoms with Gasteiger partial charge in [-0.05, 0) is 68.5 Å². The van der Waals surface area contributed by atoms with Gasteiger partial charge < -0.3 is 19.5 Å². The Kier molecular flexibility index (Phi) is 10.9. The number of rotatable bonds is 3. The lowest BCUT2D eigenvalue weighted by Crippen LogP contribution is -2.48. The average Bonchev–Trinajstić information content (AvgIpc) is 3.41. The van der Waals surface area contributed by atoms with Crippen LogP contribution in [0.3, 0.4) is 0 Å². The van der Waals surface area contributed by atoms with Gasteiger partial charge in [0.25, 0.3) is 5.91 Å². The van der Waals surface area contributed by atoms with Gasteiger partial charge in [-0.25, -0.2) is 9.59 Å². The molecule has 0 atom stereocenters. The van der Waals surface area contributed by atoms with Gasteiger partial charge in [0.1, 0.15) is 0 Å². The second-order valence-electron chi connectivity index (χ2n) is 8.97. The van der Waals surface area contributed by atoms with Gasteiger partial charge in [-0.1, -0.05) is 6.07 Å². The number of piperidine rings is 2. The van der Waals surface area contributed by atoms with Crippen molar-refractivity contribution in [1.29, 1.82) is 0 Å². The Morgan fingerprint density at radius 2 is 1.36 bits per heavy atom. The maximum atomic E-state index is 12.4. The lowest BCUT2D eigenvalue weighted by Gasteiger charge is -2.46. The number of pyridine rings is 1. The van der Waals surface area contributed by atoms with Gasteiger partial charge in [-0.3, -0.25) is 14.7 Å². The van der Waals surface area contributed by atoms with Crippen molar-refractivity contribution in [3.63, 3.8) is 0 Å². The maximum Gasteiger partial charge on any atom is 0.490 e. The van der Waals surface area contributed by atoms with E-state index < -0.39 is 24.3 Å². The van der Waals surface area contributed by atoms with Crippen LogP contribution in [0.4, 0.5) is 26.3 Å². The Bertz CT molecular complexity index is 1030. The van der Waals surface area contributed by atoms with Crippen LogP contribution in [0.15, 0.2) is 47.2 Å². The van der Waals surface area contributed by atoms with Crippen LogP contribution in [-0.2, 0) is 16.1 Å². The van der Waals surface area contributed by atoms with E-state index in [-0.39, 0.29) is 5.91 Å². The summed E-state index contributed by atoms with van der Waals surface area (Å²) < 4.78 is 68.7. The summed E-state index contributed by atoms with van der Waals surface area (Å²) in [5.41, 5.74) is 1.57. The summed E-state index contributed by atoms with van der Waals surface area (Å²) in [6.45, 7) is 4.89. The topological polar surface area (TPSA) is 124 Å². The molecular weight excluding hydrogens is 540 g/mol. The van der Waals surface area contributed by atoms with Crippen LogP contribution in [0, 0.1) is 5.41 Å². The minimum atomic E-state index is -5.08. The Morgan fingerprint density at radius 1 is 0.846 bits per heavy atom. The number of hydrogen-bond acceptors (Lipinski definition) is 6. The highest BCUT2D eigenvalue weighted by molar-refractivity contribution is 5.91. The Hall–Kier alpha value is -3.62. The standard InChI is InChI=1S/C20H25N3O2.2C2HF3O2/c24-19(18-5-3-15-25-18)23-13-8-20(9-14-23)6-11-22(12-7-20)16-17-4-1-2-10-21-17;2*3-2(4,5)1(6)7/h1-5,10,15H,6-9,11-14,16H2;2*(H,6,7). The smallest absolute Gasteiger partial charge is 0.475 e. The third-order valence-corrected chi connectivity index (χ3v) is 6.36. The van der Waals surface area contributed by atoms with E-state index >= 15 is 0 Å². The molecule has 0 unspecified atom stereocenters. The van der Waals surface area contributed by atoms with Crippen molar-refractivity contribution in [2.75, 3.05) is 26.2 Å². The van der Waals surface area contributed by atoms with E-state index in [4.69, 9.17) is 24.2 Å². The molecule has 2 aliphatic heterocycles. The van der Waals surface area contributed by atoms with E-state index in [0.29, 0.717) is 11.2 Å². The highest BCUT2D eigenvalue weighted by Gasteiger charge is 2.40. The number of amides is 1. The molecule has 4 heterocycles. The summed E-state index contributed by atoms with van der Waals surface area (Å²) in [5.74, 6) is -5.02. The summed E-state index contributed by atoms with van der Waals surface area (Å²) in [6.07, 6.45) is -2.07. The predicted molar refractivity (Wildman–Crippen MR) is 122 cm³/mol. The minimum Gasteiger partial charge on any atom is -0.475 e. The number of furan rings is 1. The molecule has 2 aromatic heterocycles. The van der Waals surface area contributed by atoms with Gasteiger partial charge in [0.05, 0.1) is 12.0 Å². The molecular formula is C24H27F6N3O6. The molecule has 2 fully saturated rings. The zero-order chi connectivity index (χ0) is 29.3. The van der Waals surface area contributed by atoms with Crippen LogP contribution in [0.25, 0.3) is 0 Å². The van der Waals surface area contributed by atoms with Crippen molar-refractivity contribution in [1.82, 2.24) is 14.8 Å². The molecule has 0 aliphatic carbocycles. The summed E-state index contributed by atoms with van der Waals surface area (Å²) in [7, 11) is 0. The fourth-order valence-corrected chi connectivity index (χ4v) is 4.15. The number of hydrogen-bond donors (Lipinski definition) is 2. The summed E-state index contributed by atoms with van der Waals surface area (Å²) >= 11 is 0. The number of carboxylic acid groups (broad SMARTS) is 2. The molecule has 2 aromatic rings. The molecule has 0 aromatic carbocycles. The summed E-state index contributed by atoms with van der Waals surface area (Å²) in [6, 6.07) is 9.65. The fourth-order valence-electron chi connectivity index (χ4n) is 4.15. The molecule has 15 heteroatoms. The maximum absolute atomic E-state index is 12.4. The van der Waals surface area contributed by atoms with Gasteiger partial charge in [0.15, 0.2) is 5.76 Å². The first-order chi connectivity index (χ1) is 18.1. The lowest BCUT2D eigenvalue weighted by molar-refractivity contribution is -0.193. The van der Waals surface area contributed by atoms with Gasteiger partial charge in [0.2, 0.25) is 0 Å². The summed E-state index contributed by atoms with van der Waals surface area (Å²) in [4.78, 5) is 39.1. The first-order valence-electron chi connectivity index (χ1n) is 11.7. The van der Waals surface area contributed by atoms with Crippen LogP contribution in [0.2, 0.25) is 0 Å². The highest BCUT2D eigenvalue weighted by atomic mass is 19.4. The zero-order valence-electron chi connectivity index (χ0n) is 20.5. The fraction of sp³-hybridized carbons (Fsp3) is 0.500. The second-order valence-corrected chi connectivity index (χ2v) is 8.97. The number of nitrogens with zero attached hydrogens (tertiary/aromatic N) is 3. The summed E-state index contributed by atoms with van der Waals surface area (Å²) in [5, 5.41) is 14.2. The number of carbonyl (C=O) groups is 3. The Labute approximate surface area is 219 Å². The van der Waals surface area contributed by atoms with Crippen molar-refractivity contribution >= 4 is 17.8 Å². The van der Waals surface area contributed by atoms with Crippen molar-refractivity contribution in [3.8, 4) is 0 Å². The van der Waals surface area contributed by atoms with E-state index in [1.54, 1.807) is 18.4 Å². The van der Waals surface area contributed by atoms with Crippen molar-refractivity contribution in [2.45, 2.75) is 44.6 Å². The third-order valence-electron chi connectivity index (χ3n) is 6.36. The van der Waals surface area contributed by atoms with Crippen LogP contribution in [0.1, 0.15) is 41.9 Å². The largest absolute Gasteiger partial charge is 0.490 e. The van der Waals surface area contributed by atoms with Crippen molar-refractivity contribution in [2.24, 2.45) is 5.41 Å². The molecule has 2 saturated heterocycles. The monoisotopic (exact) mass is 567 g/mol. The average molecular weight is 567 g/mol. The number of aromatic nitrogens is 1. The van der Waals surface area contributed by atoms with Crippen molar-refractivity contribution in [3.05, 3.63) is 54.2 Å². The number of aliphatic carboxylic acids is 2. The van der Waals surface area contributed by atoms with Gasteiger partial charge in [0, 0.05) is 25.8 Å². The van der Waals surface area contributed by atoms with Crippen molar-refractivity contribution < 1.29 is 55.4 Å². The van der Waals surface area contributed by atoms with E-state index in [0.717, 1.165) is 51.3 Å². The number of alkyl halides is 6. The molecule has 2 N–H and O–H groups in total. The number of carbonyl (C=O) groups excluding carboxylic acids is 1. The molecule has 2 aliphatic rings. The Morgan fingerprint density at radius 3 is 1.77 bits per heavy atom. The van der Waals surface area contributed by atoms with Crippen LogP contribution < -0.4 is 0 Å². The molecule has 9 nitrogen and oxygen atoms in total. The Balaban J connectivity index is 0.000000317. The number of halogens is 6. The van der Waals surface area contributed by atoms with Gasteiger partial charge in [-0.2, -0.15) is 26.3 Å². The van der Waals surface area contributed by atoms with E-state index in [9.17, 15) is 31.1 Å². The molecule has 216 valence electrons. The molecule has 0 saturated carbocycles. The number of likely N-dealkylation sites (tertiary alicyclic amines) is 2. The van der Waals surface area contributed by atoms with Crippen LogP contribution in [-0.4, -0.2) is 81.4 Å². The minimum absolute atomic E-state index is 0.0347. The van der Waals surface area contributed by atoms with E-state index in [1.165, 1.54) is 12.8 Å². The normalized spacial score (nSPS) is 17.3. The molecule has 1 spiro atoms. The molecule has 4 rings (SSSR count). The van der Waals surface area contributed by atoms with E-state index in [2.05, 4.69) is 22.0 Å². The highest BCUT2D eigenvalue weighted by Crippen LogP contribution is 2.41. The zero-order valence-corrected chi connectivity index (χ0v) is 20.5. The lowest BCUT2D eigenvalue weighted by atomic mass is 9.71. The SMILES string of the molecule is O=C(O)C(F)(F)F.O=C(O)C(F)(F)F.O=C(c1ccco1)N1CCC2(CCN(Cc3ccccn3)CC2)CC1. The van der Waals surface area contributed by atoms with E-state index in [1.807, 2.05) is 17.2 Å². The first-order valence-corrected chi connectivity index (χ1v) is 11.7. The molecule has 1 amide bonds.